The summed E-state index contributed by atoms with van der Waals surface area (Å²) in [5.74, 6) is 0.245. The van der Waals surface area contributed by atoms with Gasteiger partial charge in [-0.1, -0.05) is 0 Å². The summed E-state index contributed by atoms with van der Waals surface area (Å²) in [5, 5.41) is 7.75. The number of pyridine rings is 1. The number of hydrogen-bond donors (Lipinski definition) is 0. The Kier molecular flexibility index (Phi) is 4.23. The van der Waals surface area contributed by atoms with Crippen molar-refractivity contribution in [1.29, 1.82) is 0 Å². The quantitative estimate of drug-likeness (QED) is 0.501. The highest BCUT2D eigenvalue weighted by Crippen LogP contribution is 2.59. The Morgan fingerprint density at radius 1 is 1.00 bits per heavy atom. The summed E-state index contributed by atoms with van der Waals surface area (Å²) in [6.07, 6.45) is 3.67. The van der Waals surface area contributed by atoms with Gasteiger partial charge >= 0.3 is 6.18 Å². The van der Waals surface area contributed by atoms with E-state index in [0.717, 1.165) is 12.8 Å². The summed E-state index contributed by atoms with van der Waals surface area (Å²) in [6, 6.07) is 0.341. The summed E-state index contributed by atoms with van der Waals surface area (Å²) < 4.78 is 59.3. The van der Waals surface area contributed by atoms with Crippen molar-refractivity contribution >= 4 is 5.69 Å². The van der Waals surface area contributed by atoms with Gasteiger partial charge in [-0.15, -0.1) is 10.2 Å². The Morgan fingerprint density at radius 3 is 2.29 bits per heavy atom. The molecule has 3 aliphatic carbocycles. The molecule has 0 bridgehead atoms. The van der Waals surface area contributed by atoms with Crippen LogP contribution in [0.3, 0.4) is 0 Å². The highest BCUT2D eigenvalue weighted by molar-refractivity contribution is 5.73. The third-order valence-corrected chi connectivity index (χ3v) is 8.20. The van der Waals surface area contributed by atoms with Gasteiger partial charge in [0.05, 0.1) is 17.6 Å². The standard InChI is InChI=1S/C24H23F4N7/c1-12-18(20(13-2-3-13)33-22(32-12)23(4-5-23)24(26,27)28)14-6-29-7-17(19(14)25)34-8-15-16(9-34)21(15)35-10-30-31-11-35/h6-7,10-11,13,15-16,21H,2-5,8-9H2,1H3. The average molecular weight is 485 g/mol. The molecule has 1 saturated heterocycles. The molecular weight excluding hydrogens is 462 g/mol. The minimum absolute atomic E-state index is 0.00177. The first kappa shape index (κ1) is 21.2. The van der Waals surface area contributed by atoms with Gasteiger partial charge in [-0.05, 0) is 32.6 Å². The lowest BCUT2D eigenvalue weighted by molar-refractivity contribution is -0.162. The number of anilines is 1. The molecule has 0 spiro atoms. The molecule has 11 heteroatoms. The van der Waals surface area contributed by atoms with E-state index in [-0.39, 0.29) is 30.1 Å². The van der Waals surface area contributed by atoms with Gasteiger partial charge < -0.3 is 9.47 Å². The summed E-state index contributed by atoms with van der Waals surface area (Å²) >= 11 is 0. The minimum atomic E-state index is -4.39. The van der Waals surface area contributed by atoms with Crippen molar-refractivity contribution in [3.05, 3.63) is 48.1 Å². The van der Waals surface area contributed by atoms with Crippen LogP contribution in [-0.2, 0) is 5.41 Å². The zero-order chi connectivity index (χ0) is 24.1. The Bertz CT molecular complexity index is 1300. The second-order valence-corrected chi connectivity index (χ2v) is 10.4. The van der Waals surface area contributed by atoms with Gasteiger partial charge in [0.15, 0.2) is 5.82 Å². The van der Waals surface area contributed by atoms with Gasteiger partial charge in [0.1, 0.15) is 23.9 Å². The topological polar surface area (TPSA) is 72.6 Å². The molecule has 3 aromatic heterocycles. The molecule has 7 nitrogen and oxygen atoms in total. The number of piperidine rings is 1. The molecule has 4 aliphatic rings. The maximum absolute atomic E-state index is 16.0. The molecule has 0 aromatic carbocycles. The smallest absolute Gasteiger partial charge is 0.367 e. The van der Waals surface area contributed by atoms with Gasteiger partial charge in [0, 0.05) is 59.9 Å². The molecular formula is C24H23F4N7. The molecule has 0 amide bonds. The maximum Gasteiger partial charge on any atom is 0.401 e. The Balaban J connectivity index is 1.23. The van der Waals surface area contributed by atoms with Gasteiger partial charge in [-0.3, -0.25) is 4.98 Å². The van der Waals surface area contributed by atoms with E-state index >= 15 is 4.39 Å². The van der Waals surface area contributed by atoms with E-state index in [4.69, 9.17) is 0 Å². The van der Waals surface area contributed by atoms with E-state index in [0.29, 0.717) is 53.6 Å². The monoisotopic (exact) mass is 485 g/mol. The highest BCUT2D eigenvalue weighted by Gasteiger charge is 2.66. The van der Waals surface area contributed by atoms with Crippen LogP contribution in [0.1, 0.15) is 54.9 Å². The van der Waals surface area contributed by atoms with E-state index in [1.165, 1.54) is 12.4 Å². The van der Waals surface area contributed by atoms with Gasteiger partial charge in [-0.25, -0.2) is 14.4 Å². The number of halogens is 4. The molecule has 4 heterocycles. The van der Waals surface area contributed by atoms with Crippen LogP contribution in [0, 0.1) is 24.6 Å². The number of alkyl halides is 3. The average Bonchev–Trinajstić information content (AvgIpc) is 3.78. The van der Waals surface area contributed by atoms with Gasteiger partial charge in [-0.2, -0.15) is 13.2 Å². The molecule has 35 heavy (non-hydrogen) atoms. The van der Waals surface area contributed by atoms with E-state index in [2.05, 4.69) is 25.1 Å². The van der Waals surface area contributed by atoms with E-state index in [1.54, 1.807) is 19.6 Å². The fraction of sp³-hybridized carbons (Fsp3) is 0.542. The van der Waals surface area contributed by atoms with Crippen LogP contribution in [0.5, 0.6) is 0 Å². The van der Waals surface area contributed by atoms with Crippen molar-refractivity contribution in [2.75, 3.05) is 18.0 Å². The van der Waals surface area contributed by atoms with E-state index < -0.39 is 17.4 Å². The second kappa shape index (κ2) is 6.98. The fourth-order valence-electron chi connectivity index (χ4n) is 5.88. The van der Waals surface area contributed by atoms with Crippen LogP contribution in [0.25, 0.3) is 11.1 Å². The zero-order valence-electron chi connectivity index (χ0n) is 19.0. The van der Waals surface area contributed by atoms with E-state index in [1.807, 2.05) is 9.47 Å². The first-order valence-corrected chi connectivity index (χ1v) is 12.0. The summed E-state index contributed by atoms with van der Waals surface area (Å²) in [6.45, 7) is 3.06. The van der Waals surface area contributed by atoms with Crippen molar-refractivity contribution in [3.63, 3.8) is 0 Å². The first-order valence-electron chi connectivity index (χ1n) is 12.0. The normalized spacial score (nSPS) is 26.7. The molecule has 4 fully saturated rings. The largest absolute Gasteiger partial charge is 0.401 e. The van der Waals surface area contributed by atoms with Crippen LogP contribution in [0.2, 0.25) is 0 Å². The molecule has 0 radical (unpaired) electrons. The summed E-state index contributed by atoms with van der Waals surface area (Å²) in [4.78, 5) is 15.1. The second-order valence-electron chi connectivity index (χ2n) is 10.4. The minimum Gasteiger partial charge on any atom is -0.367 e. The molecule has 2 unspecified atom stereocenters. The number of nitrogens with zero attached hydrogens (tertiary/aromatic N) is 7. The van der Waals surface area contributed by atoms with Crippen LogP contribution in [0.15, 0.2) is 25.0 Å². The maximum atomic E-state index is 16.0. The van der Waals surface area contributed by atoms with Crippen LogP contribution >= 0.6 is 0 Å². The van der Waals surface area contributed by atoms with E-state index in [9.17, 15) is 13.2 Å². The molecule has 2 atom stereocenters. The molecule has 3 saturated carbocycles. The van der Waals surface area contributed by atoms with Crippen molar-refractivity contribution in [3.8, 4) is 11.1 Å². The lowest BCUT2D eigenvalue weighted by Crippen LogP contribution is -2.31. The zero-order valence-corrected chi connectivity index (χ0v) is 19.0. The summed E-state index contributed by atoms with van der Waals surface area (Å²) in [7, 11) is 0. The van der Waals surface area contributed by atoms with Crippen molar-refractivity contribution in [2.24, 2.45) is 11.8 Å². The highest BCUT2D eigenvalue weighted by atomic mass is 19.4. The molecule has 1 aliphatic heterocycles. The molecule has 0 N–H and O–H groups in total. The fourth-order valence-corrected chi connectivity index (χ4v) is 5.88. The van der Waals surface area contributed by atoms with Crippen molar-refractivity contribution in [2.45, 2.75) is 56.2 Å². The molecule has 182 valence electrons. The number of fused-ring (bicyclic) bond motifs is 1. The number of rotatable bonds is 5. The Morgan fingerprint density at radius 2 is 1.69 bits per heavy atom. The Hall–Kier alpha value is -3.11. The van der Waals surface area contributed by atoms with Crippen LogP contribution in [-0.4, -0.2) is 49.0 Å². The van der Waals surface area contributed by atoms with Crippen LogP contribution in [0.4, 0.5) is 23.2 Å². The number of aromatic nitrogens is 6. The predicted molar refractivity (Wildman–Crippen MR) is 117 cm³/mol. The SMILES string of the molecule is Cc1nc(C2(C(F)(F)F)CC2)nc(C2CC2)c1-c1cncc(N2CC3C(C2)C3n2cnnc2)c1F. The third kappa shape index (κ3) is 3.12. The molecule has 7 rings (SSSR count). The lowest BCUT2D eigenvalue weighted by Gasteiger charge is -2.24. The molecule has 3 aromatic rings. The summed E-state index contributed by atoms with van der Waals surface area (Å²) in [5.41, 5.74) is 0.113. The van der Waals surface area contributed by atoms with Crippen molar-refractivity contribution < 1.29 is 17.6 Å². The van der Waals surface area contributed by atoms with Gasteiger partial charge in [0.25, 0.3) is 0 Å². The van der Waals surface area contributed by atoms with Crippen molar-refractivity contribution in [1.82, 2.24) is 29.7 Å². The predicted octanol–water partition coefficient (Wildman–Crippen LogP) is 4.36. The lowest BCUT2D eigenvalue weighted by atomic mass is 9.98. The first-order chi connectivity index (χ1) is 16.8. The van der Waals surface area contributed by atoms with Gasteiger partial charge in [0.2, 0.25) is 0 Å². The number of aryl methyl sites for hydroxylation is 1. The number of hydrogen-bond acceptors (Lipinski definition) is 6. The van der Waals surface area contributed by atoms with Crippen LogP contribution < -0.4 is 4.90 Å². The third-order valence-electron chi connectivity index (χ3n) is 8.20. The Labute approximate surface area is 198 Å².